The molecule has 1 aliphatic heterocycles. The SMILES string of the molecule is CC(=O)NC1C(C)CSC1C. The molecule has 1 fully saturated rings. The van der Waals surface area contributed by atoms with Gasteiger partial charge >= 0.3 is 0 Å². The Labute approximate surface area is 72.1 Å². The Morgan fingerprint density at radius 1 is 1.55 bits per heavy atom. The van der Waals surface area contributed by atoms with Crippen molar-refractivity contribution in [3.05, 3.63) is 0 Å². The van der Waals surface area contributed by atoms with E-state index in [1.54, 1.807) is 6.92 Å². The van der Waals surface area contributed by atoms with Crippen LogP contribution in [0.15, 0.2) is 0 Å². The van der Waals surface area contributed by atoms with Gasteiger partial charge < -0.3 is 5.32 Å². The molecule has 1 amide bonds. The van der Waals surface area contributed by atoms with Gasteiger partial charge in [0.25, 0.3) is 0 Å². The Bertz CT molecular complexity index is 150. The molecule has 0 radical (unpaired) electrons. The molecule has 0 aromatic rings. The third-order valence-corrected chi connectivity index (χ3v) is 3.65. The summed E-state index contributed by atoms with van der Waals surface area (Å²) in [4.78, 5) is 10.8. The molecule has 0 saturated carbocycles. The molecule has 0 spiro atoms. The number of nitrogens with one attached hydrogen (secondary N) is 1. The van der Waals surface area contributed by atoms with Crippen molar-refractivity contribution in [1.82, 2.24) is 5.32 Å². The number of thioether (sulfide) groups is 1. The molecule has 2 nitrogen and oxygen atoms in total. The second-order valence-corrected chi connectivity index (χ2v) is 4.65. The summed E-state index contributed by atoms with van der Waals surface area (Å²) in [5.41, 5.74) is 0. The Hall–Kier alpha value is -0.180. The molecule has 1 rings (SSSR count). The summed E-state index contributed by atoms with van der Waals surface area (Å²) in [6.07, 6.45) is 0. The smallest absolute Gasteiger partial charge is 0.217 e. The summed E-state index contributed by atoms with van der Waals surface area (Å²) >= 11 is 1.94. The zero-order chi connectivity index (χ0) is 8.43. The summed E-state index contributed by atoms with van der Waals surface area (Å²) in [7, 11) is 0. The van der Waals surface area contributed by atoms with Crippen LogP contribution in [-0.4, -0.2) is 23.0 Å². The van der Waals surface area contributed by atoms with Crippen LogP contribution in [0.25, 0.3) is 0 Å². The first-order chi connectivity index (χ1) is 5.11. The predicted molar refractivity (Wildman–Crippen MR) is 48.7 cm³/mol. The Balaban J connectivity index is 2.47. The molecule has 3 heteroatoms. The Morgan fingerprint density at radius 3 is 2.55 bits per heavy atom. The van der Waals surface area contributed by atoms with Gasteiger partial charge in [-0.05, 0) is 11.7 Å². The highest BCUT2D eigenvalue weighted by Crippen LogP contribution is 2.30. The number of carbonyl (C=O) groups is 1. The zero-order valence-corrected chi connectivity index (χ0v) is 8.07. The molecule has 1 aliphatic rings. The minimum atomic E-state index is 0.0937. The molecule has 3 atom stereocenters. The minimum absolute atomic E-state index is 0.0937. The molecule has 64 valence electrons. The van der Waals surface area contributed by atoms with Crippen molar-refractivity contribution in [2.24, 2.45) is 5.92 Å². The fourth-order valence-electron chi connectivity index (χ4n) is 1.47. The third kappa shape index (κ3) is 2.12. The van der Waals surface area contributed by atoms with E-state index in [0.717, 1.165) is 0 Å². The quantitative estimate of drug-likeness (QED) is 0.647. The van der Waals surface area contributed by atoms with Gasteiger partial charge in [0.2, 0.25) is 5.91 Å². The van der Waals surface area contributed by atoms with E-state index < -0.39 is 0 Å². The zero-order valence-electron chi connectivity index (χ0n) is 7.26. The van der Waals surface area contributed by atoms with Crippen LogP contribution in [-0.2, 0) is 4.79 Å². The summed E-state index contributed by atoms with van der Waals surface area (Å²) in [6, 6.07) is 0.387. The van der Waals surface area contributed by atoms with E-state index in [4.69, 9.17) is 0 Å². The van der Waals surface area contributed by atoms with Crippen molar-refractivity contribution >= 4 is 17.7 Å². The van der Waals surface area contributed by atoms with Gasteiger partial charge in [-0.2, -0.15) is 11.8 Å². The normalized spacial score (nSPS) is 37.2. The predicted octanol–water partition coefficient (Wildman–Crippen LogP) is 1.26. The van der Waals surface area contributed by atoms with E-state index in [1.165, 1.54) is 5.75 Å². The number of hydrogen-bond donors (Lipinski definition) is 1. The highest BCUT2D eigenvalue weighted by atomic mass is 32.2. The summed E-state index contributed by atoms with van der Waals surface area (Å²) in [6.45, 7) is 5.95. The standard InChI is InChI=1S/C8H15NOS/c1-5-4-11-6(2)8(5)9-7(3)10/h5-6,8H,4H2,1-3H3,(H,9,10). The van der Waals surface area contributed by atoms with Gasteiger partial charge in [-0.3, -0.25) is 4.79 Å². The topological polar surface area (TPSA) is 29.1 Å². The molecule has 1 saturated heterocycles. The van der Waals surface area contributed by atoms with Crippen LogP contribution in [0, 0.1) is 5.92 Å². The molecular weight excluding hydrogens is 158 g/mol. The number of hydrogen-bond acceptors (Lipinski definition) is 2. The lowest BCUT2D eigenvalue weighted by Crippen LogP contribution is -2.40. The maximum Gasteiger partial charge on any atom is 0.217 e. The van der Waals surface area contributed by atoms with Gasteiger partial charge in [0.1, 0.15) is 0 Å². The molecule has 11 heavy (non-hydrogen) atoms. The van der Waals surface area contributed by atoms with Gasteiger partial charge in [-0.1, -0.05) is 13.8 Å². The van der Waals surface area contributed by atoms with Crippen molar-refractivity contribution in [2.75, 3.05) is 5.75 Å². The number of amides is 1. The second kappa shape index (κ2) is 3.48. The lowest BCUT2D eigenvalue weighted by atomic mass is 10.0. The van der Waals surface area contributed by atoms with E-state index >= 15 is 0 Å². The monoisotopic (exact) mass is 173 g/mol. The molecule has 0 bridgehead atoms. The van der Waals surface area contributed by atoms with Crippen LogP contribution >= 0.6 is 11.8 Å². The molecular formula is C8H15NOS. The minimum Gasteiger partial charge on any atom is -0.352 e. The first-order valence-electron chi connectivity index (χ1n) is 4.00. The maximum atomic E-state index is 10.8. The maximum absolute atomic E-state index is 10.8. The highest BCUT2D eigenvalue weighted by Gasteiger charge is 2.31. The first kappa shape index (κ1) is 8.91. The lowest BCUT2D eigenvalue weighted by Gasteiger charge is -2.19. The van der Waals surface area contributed by atoms with E-state index in [-0.39, 0.29) is 5.91 Å². The van der Waals surface area contributed by atoms with E-state index in [0.29, 0.717) is 17.2 Å². The van der Waals surface area contributed by atoms with E-state index in [2.05, 4.69) is 19.2 Å². The molecule has 0 aliphatic carbocycles. The van der Waals surface area contributed by atoms with Crippen LogP contribution in [0.3, 0.4) is 0 Å². The van der Waals surface area contributed by atoms with Crippen molar-refractivity contribution < 1.29 is 4.79 Å². The van der Waals surface area contributed by atoms with Crippen LogP contribution in [0.5, 0.6) is 0 Å². The Morgan fingerprint density at radius 2 is 2.18 bits per heavy atom. The molecule has 1 N–H and O–H groups in total. The van der Waals surface area contributed by atoms with Crippen molar-refractivity contribution in [3.63, 3.8) is 0 Å². The molecule has 1 heterocycles. The van der Waals surface area contributed by atoms with Gasteiger partial charge in [0.15, 0.2) is 0 Å². The van der Waals surface area contributed by atoms with Gasteiger partial charge in [-0.25, -0.2) is 0 Å². The van der Waals surface area contributed by atoms with Crippen LogP contribution < -0.4 is 5.32 Å². The number of rotatable bonds is 1. The highest BCUT2D eigenvalue weighted by molar-refractivity contribution is 8.00. The fraction of sp³-hybridized carbons (Fsp3) is 0.875. The van der Waals surface area contributed by atoms with Crippen LogP contribution in [0.1, 0.15) is 20.8 Å². The summed E-state index contributed by atoms with van der Waals surface area (Å²) in [5, 5.41) is 3.56. The largest absolute Gasteiger partial charge is 0.352 e. The molecule has 0 aromatic carbocycles. The Kier molecular flexibility index (Phi) is 2.82. The van der Waals surface area contributed by atoms with Crippen LogP contribution in [0.4, 0.5) is 0 Å². The summed E-state index contributed by atoms with van der Waals surface area (Å²) < 4.78 is 0. The lowest BCUT2D eigenvalue weighted by molar-refractivity contribution is -0.119. The van der Waals surface area contributed by atoms with E-state index in [9.17, 15) is 4.79 Å². The molecule has 0 aromatic heterocycles. The van der Waals surface area contributed by atoms with Gasteiger partial charge in [0.05, 0.1) is 0 Å². The van der Waals surface area contributed by atoms with Crippen molar-refractivity contribution in [3.8, 4) is 0 Å². The van der Waals surface area contributed by atoms with Gasteiger partial charge in [0, 0.05) is 18.2 Å². The average Bonchev–Trinajstić information content (AvgIpc) is 2.18. The first-order valence-corrected chi connectivity index (χ1v) is 5.05. The van der Waals surface area contributed by atoms with Crippen LogP contribution in [0.2, 0.25) is 0 Å². The fourth-order valence-corrected chi connectivity index (χ4v) is 2.83. The second-order valence-electron chi connectivity index (χ2n) is 3.24. The van der Waals surface area contributed by atoms with Crippen molar-refractivity contribution in [2.45, 2.75) is 32.1 Å². The molecule has 3 unspecified atom stereocenters. The number of carbonyl (C=O) groups excluding carboxylic acids is 1. The third-order valence-electron chi connectivity index (χ3n) is 2.11. The van der Waals surface area contributed by atoms with E-state index in [1.807, 2.05) is 11.8 Å². The average molecular weight is 173 g/mol. The summed E-state index contributed by atoms with van der Waals surface area (Å²) in [5.74, 6) is 1.89. The van der Waals surface area contributed by atoms with Crippen molar-refractivity contribution in [1.29, 1.82) is 0 Å². The van der Waals surface area contributed by atoms with Gasteiger partial charge in [-0.15, -0.1) is 0 Å².